The van der Waals surface area contributed by atoms with Crippen LogP contribution in [0.5, 0.6) is 0 Å². The van der Waals surface area contributed by atoms with E-state index in [1.165, 1.54) is 11.3 Å². The molecule has 0 spiro atoms. The number of nitrogens with zero attached hydrogens (tertiary/aromatic N) is 1. The van der Waals surface area contributed by atoms with E-state index in [0.29, 0.717) is 10.2 Å². The molecule has 1 N–H and O–H groups in total. The molecule has 3 nitrogen and oxygen atoms in total. The minimum atomic E-state index is -0.240. The molecule has 0 saturated heterocycles. The zero-order valence-electron chi connectivity index (χ0n) is 13.8. The highest BCUT2D eigenvalue weighted by Crippen LogP contribution is 2.31. The molecule has 1 atom stereocenters. The summed E-state index contributed by atoms with van der Waals surface area (Å²) in [6, 6.07) is 13.5. The van der Waals surface area contributed by atoms with Gasteiger partial charge in [-0.25, -0.2) is 4.98 Å². The van der Waals surface area contributed by atoms with Gasteiger partial charge in [0.2, 0.25) is 5.91 Å². The highest BCUT2D eigenvalue weighted by Gasteiger charge is 2.25. The number of thiazole rings is 1. The molecule has 1 aromatic heterocycles. The van der Waals surface area contributed by atoms with Crippen LogP contribution in [0.4, 0.5) is 5.13 Å². The van der Waals surface area contributed by atoms with Crippen LogP contribution in [0.15, 0.2) is 42.5 Å². The molecule has 0 aliphatic heterocycles. The summed E-state index contributed by atoms with van der Waals surface area (Å²) < 4.78 is 1.08. The van der Waals surface area contributed by atoms with E-state index < -0.39 is 0 Å². The highest BCUT2D eigenvalue weighted by molar-refractivity contribution is 7.22. The van der Waals surface area contributed by atoms with Crippen molar-refractivity contribution in [2.24, 2.45) is 5.92 Å². The monoisotopic (exact) mass is 358 g/mol. The van der Waals surface area contributed by atoms with Crippen molar-refractivity contribution in [3.8, 4) is 0 Å². The number of anilines is 1. The first kappa shape index (κ1) is 16.9. The van der Waals surface area contributed by atoms with Gasteiger partial charge in [0.05, 0.1) is 16.1 Å². The summed E-state index contributed by atoms with van der Waals surface area (Å²) in [6.07, 6.45) is 0. The van der Waals surface area contributed by atoms with Crippen LogP contribution < -0.4 is 5.32 Å². The number of hydrogen-bond acceptors (Lipinski definition) is 3. The molecule has 24 heavy (non-hydrogen) atoms. The van der Waals surface area contributed by atoms with Crippen molar-refractivity contribution in [2.45, 2.75) is 26.7 Å². The Labute approximate surface area is 150 Å². The van der Waals surface area contributed by atoms with Gasteiger partial charge in [0.15, 0.2) is 5.13 Å². The first-order chi connectivity index (χ1) is 11.5. The van der Waals surface area contributed by atoms with Crippen molar-refractivity contribution < 1.29 is 4.79 Å². The fourth-order valence-corrected chi connectivity index (χ4v) is 3.90. The normalized spacial score (nSPS) is 12.5. The molecule has 5 heteroatoms. The molecule has 0 aliphatic rings. The number of aromatic nitrogens is 1. The summed E-state index contributed by atoms with van der Waals surface area (Å²) >= 11 is 7.46. The van der Waals surface area contributed by atoms with Crippen molar-refractivity contribution in [1.82, 2.24) is 4.98 Å². The zero-order chi connectivity index (χ0) is 17.3. The maximum atomic E-state index is 12.8. The van der Waals surface area contributed by atoms with Crippen LogP contribution in [0.2, 0.25) is 5.02 Å². The third kappa shape index (κ3) is 3.45. The van der Waals surface area contributed by atoms with Crippen LogP contribution in [0.25, 0.3) is 10.2 Å². The Morgan fingerprint density at radius 1 is 1.17 bits per heavy atom. The predicted octanol–water partition coefficient (Wildman–Crippen LogP) is 5.64. The van der Waals surface area contributed by atoms with E-state index in [2.05, 4.69) is 10.3 Å². The number of hydrogen-bond donors (Lipinski definition) is 1. The van der Waals surface area contributed by atoms with Gasteiger partial charge in [0, 0.05) is 5.02 Å². The number of halogens is 1. The fraction of sp³-hybridized carbons (Fsp3) is 0.263. The van der Waals surface area contributed by atoms with Gasteiger partial charge in [-0.15, -0.1) is 0 Å². The van der Waals surface area contributed by atoms with Crippen molar-refractivity contribution in [2.75, 3.05) is 5.32 Å². The summed E-state index contributed by atoms with van der Waals surface area (Å²) in [5.74, 6) is -0.110. The lowest BCUT2D eigenvalue weighted by molar-refractivity contribution is -0.118. The second-order valence-corrected chi connectivity index (χ2v) is 7.67. The van der Waals surface area contributed by atoms with Crippen LogP contribution in [0.3, 0.4) is 0 Å². The van der Waals surface area contributed by atoms with Crippen LogP contribution in [-0.4, -0.2) is 10.9 Å². The second-order valence-electron chi connectivity index (χ2n) is 6.20. The zero-order valence-corrected chi connectivity index (χ0v) is 15.4. The molecule has 1 amide bonds. The minimum absolute atomic E-state index is 0.0379. The third-order valence-corrected chi connectivity index (χ3v) is 5.22. The maximum Gasteiger partial charge on any atom is 0.233 e. The van der Waals surface area contributed by atoms with E-state index in [4.69, 9.17) is 11.6 Å². The number of amides is 1. The summed E-state index contributed by atoms with van der Waals surface area (Å²) in [7, 11) is 0. The van der Waals surface area contributed by atoms with Crippen LogP contribution in [0, 0.1) is 12.8 Å². The first-order valence-electron chi connectivity index (χ1n) is 7.88. The number of carbonyl (C=O) groups excluding carboxylic acids is 1. The lowest BCUT2D eigenvalue weighted by Gasteiger charge is -2.20. The molecule has 1 unspecified atom stereocenters. The standard InChI is InChI=1S/C19H19ClN2OS/c1-11(2)16(13-7-9-14(20)10-8-13)18(23)22-19-21-17-12(3)5-4-6-15(17)24-19/h4-11,16H,1-3H3,(H,21,22,23). The van der Waals surface area contributed by atoms with Gasteiger partial charge in [-0.3, -0.25) is 4.79 Å². The quantitative estimate of drug-likeness (QED) is 0.656. The molecule has 0 bridgehead atoms. The molecule has 0 saturated carbocycles. The average molecular weight is 359 g/mol. The van der Waals surface area contributed by atoms with E-state index in [0.717, 1.165) is 21.3 Å². The van der Waals surface area contributed by atoms with Crippen molar-refractivity contribution in [1.29, 1.82) is 0 Å². The lowest BCUT2D eigenvalue weighted by Crippen LogP contribution is -2.25. The molecule has 0 aliphatic carbocycles. The van der Waals surface area contributed by atoms with Crippen LogP contribution in [-0.2, 0) is 4.79 Å². The van der Waals surface area contributed by atoms with Gasteiger partial charge < -0.3 is 5.32 Å². The third-order valence-electron chi connectivity index (χ3n) is 4.03. The molecule has 0 radical (unpaired) electrons. The van der Waals surface area contributed by atoms with E-state index in [-0.39, 0.29) is 17.7 Å². The van der Waals surface area contributed by atoms with Crippen LogP contribution >= 0.6 is 22.9 Å². The smallest absolute Gasteiger partial charge is 0.233 e. The van der Waals surface area contributed by atoms with Crippen LogP contribution in [0.1, 0.15) is 30.9 Å². The number of benzene rings is 2. The Bertz CT molecular complexity index is 871. The van der Waals surface area contributed by atoms with Crippen molar-refractivity contribution >= 4 is 44.2 Å². The number of carbonyl (C=O) groups is 1. The second kappa shape index (κ2) is 6.91. The number of fused-ring (bicyclic) bond motifs is 1. The van der Waals surface area contributed by atoms with Gasteiger partial charge in [0.1, 0.15) is 0 Å². The summed E-state index contributed by atoms with van der Waals surface area (Å²) in [4.78, 5) is 17.4. The van der Waals surface area contributed by atoms with E-state index >= 15 is 0 Å². The van der Waals surface area contributed by atoms with Gasteiger partial charge in [-0.2, -0.15) is 0 Å². The number of nitrogens with one attached hydrogen (secondary N) is 1. The molecule has 3 aromatic rings. The first-order valence-corrected chi connectivity index (χ1v) is 9.07. The average Bonchev–Trinajstić information content (AvgIpc) is 2.93. The highest BCUT2D eigenvalue weighted by atomic mass is 35.5. The number of para-hydroxylation sites is 1. The molecular formula is C19H19ClN2OS. The van der Waals surface area contributed by atoms with Crippen molar-refractivity contribution in [3.05, 3.63) is 58.6 Å². The van der Waals surface area contributed by atoms with E-state index in [1.807, 2.05) is 63.2 Å². The predicted molar refractivity (Wildman–Crippen MR) is 102 cm³/mol. The van der Waals surface area contributed by atoms with Gasteiger partial charge in [0.25, 0.3) is 0 Å². The lowest BCUT2D eigenvalue weighted by atomic mass is 9.88. The Kier molecular flexibility index (Phi) is 4.88. The molecule has 3 rings (SSSR count). The Hall–Kier alpha value is -1.91. The molecular weight excluding hydrogens is 340 g/mol. The number of aryl methyl sites for hydroxylation is 1. The Morgan fingerprint density at radius 2 is 1.88 bits per heavy atom. The summed E-state index contributed by atoms with van der Waals surface area (Å²) in [5, 5.41) is 4.30. The van der Waals surface area contributed by atoms with E-state index in [1.54, 1.807) is 0 Å². The van der Waals surface area contributed by atoms with E-state index in [9.17, 15) is 4.79 Å². The van der Waals surface area contributed by atoms with Gasteiger partial charge in [-0.1, -0.05) is 61.1 Å². The fourth-order valence-electron chi connectivity index (χ4n) is 2.83. The summed E-state index contributed by atoms with van der Waals surface area (Å²) in [6.45, 7) is 6.11. The Morgan fingerprint density at radius 3 is 2.50 bits per heavy atom. The molecule has 124 valence electrons. The topological polar surface area (TPSA) is 42.0 Å². The number of rotatable bonds is 4. The largest absolute Gasteiger partial charge is 0.301 e. The van der Waals surface area contributed by atoms with Gasteiger partial charge in [-0.05, 0) is 42.2 Å². The van der Waals surface area contributed by atoms with Gasteiger partial charge >= 0.3 is 0 Å². The maximum absolute atomic E-state index is 12.8. The molecule has 0 fully saturated rings. The Balaban J connectivity index is 1.87. The van der Waals surface area contributed by atoms with Crippen molar-refractivity contribution in [3.63, 3.8) is 0 Å². The SMILES string of the molecule is Cc1cccc2sc(NC(=O)C(c3ccc(Cl)cc3)C(C)C)nc12. The molecule has 1 heterocycles. The summed E-state index contributed by atoms with van der Waals surface area (Å²) in [5.41, 5.74) is 3.02. The molecule has 2 aromatic carbocycles. The minimum Gasteiger partial charge on any atom is -0.301 e.